The van der Waals surface area contributed by atoms with Gasteiger partial charge in [0.2, 0.25) is 5.91 Å². The fraction of sp³-hybridized carbons (Fsp3) is 0.769. The van der Waals surface area contributed by atoms with E-state index in [2.05, 4.69) is 20.4 Å². The molecule has 0 radical (unpaired) electrons. The van der Waals surface area contributed by atoms with Gasteiger partial charge in [-0.1, -0.05) is 0 Å². The highest BCUT2D eigenvalue weighted by Gasteiger charge is 2.35. The third-order valence-corrected chi connectivity index (χ3v) is 3.66. The summed E-state index contributed by atoms with van der Waals surface area (Å²) in [5, 5.41) is 21.6. The summed E-state index contributed by atoms with van der Waals surface area (Å²) >= 11 is 0. The Bertz CT molecular complexity index is 461. The van der Waals surface area contributed by atoms with Crippen LogP contribution in [-0.2, 0) is 17.9 Å². The zero-order valence-electron chi connectivity index (χ0n) is 12.2. The predicted octanol–water partition coefficient (Wildman–Crippen LogP) is -0.239. The number of amides is 1. The minimum absolute atomic E-state index is 0.119. The number of nitrogens with zero attached hydrogens (tertiary/aromatic N) is 4. The Hall–Kier alpha value is -1.47. The number of likely N-dealkylation sites (tertiary alicyclic amines) is 1. The summed E-state index contributed by atoms with van der Waals surface area (Å²) in [7, 11) is 1.59. The van der Waals surface area contributed by atoms with Crippen LogP contribution < -0.4 is 5.32 Å². The van der Waals surface area contributed by atoms with E-state index in [1.807, 2.05) is 6.92 Å². The molecule has 1 aromatic rings. The third kappa shape index (κ3) is 3.77. The Morgan fingerprint density at radius 1 is 1.60 bits per heavy atom. The first-order valence-corrected chi connectivity index (χ1v) is 7.09. The first kappa shape index (κ1) is 14.9. The second-order valence-corrected chi connectivity index (χ2v) is 5.41. The molecule has 0 aliphatic carbocycles. The normalized spacial score (nSPS) is 23.8. The van der Waals surface area contributed by atoms with Crippen LogP contribution in [0.3, 0.4) is 0 Å². The van der Waals surface area contributed by atoms with Crippen LogP contribution in [0.2, 0.25) is 0 Å². The number of carbonyl (C=O) groups excluding carboxylic acids is 1. The van der Waals surface area contributed by atoms with Gasteiger partial charge in [0.05, 0.1) is 30.5 Å². The molecule has 1 saturated heterocycles. The molecule has 20 heavy (non-hydrogen) atoms. The molecule has 0 bridgehead atoms. The second kappa shape index (κ2) is 6.32. The standard InChI is InChI=1S/C13H23N5O2/c1-3-18-15-8-11(16-18)9-17-6-4-5-13(20,10-17)7-12(19)14-2/h8,20H,3-7,9-10H2,1-2H3,(H,14,19). The summed E-state index contributed by atoms with van der Waals surface area (Å²) < 4.78 is 0. The summed E-state index contributed by atoms with van der Waals surface area (Å²) in [5.41, 5.74) is -0.0323. The highest BCUT2D eigenvalue weighted by Crippen LogP contribution is 2.25. The molecule has 1 unspecified atom stereocenters. The van der Waals surface area contributed by atoms with Crippen LogP contribution in [0.15, 0.2) is 6.20 Å². The predicted molar refractivity (Wildman–Crippen MR) is 73.8 cm³/mol. The van der Waals surface area contributed by atoms with Crippen molar-refractivity contribution in [3.8, 4) is 0 Å². The molecule has 1 fully saturated rings. The van der Waals surface area contributed by atoms with Crippen LogP contribution in [0.4, 0.5) is 0 Å². The zero-order chi connectivity index (χ0) is 14.6. The molecule has 0 saturated carbocycles. The number of hydrogen-bond donors (Lipinski definition) is 2. The average molecular weight is 281 g/mol. The van der Waals surface area contributed by atoms with E-state index in [0.29, 0.717) is 19.5 Å². The molecule has 1 aliphatic heterocycles. The first-order chi connectivity index (χ1) is 9.54. The number of β-amino-alcohol motifs (C(OH)–C–C–N with tert-alkyl or cyclic N) is 1. The van der Waals surface area contributed by atoms with E-state index in [1.165, 1.54) is 0 Å². The largest absolute Gasteiger partial charge is 0.388 e. The lowest BCUT2D eigenvalue weighted by Crippen LogP contribution is -2.49. The fourth-order valence-corrected chi connectivity index (χ4v) is 2.66. The van der Waals surface area contributed by atoms with E-state index in [0.717, 1.165) is 25.2 Å². The first-order valence-electron chi connectivity index (χ1n) is 7.09. The van der Waals surface area contributed by atoms with Crippen LogP contribution in [0.25, 0.3) is 0 Å². The van der Waals surface area contributed by atoms with Crippen molar-refractivity contribution in [3.05, 3.63) is 11.9 Å². The number of piperidine rings is 1. The van der Waals surface area contributed by atoms with Crippen LogP contribution in [0.5, 0.6) is 0 Å². The van der Waals surface area contributed by atoms with Crippen LogP contribution in [-0.4, -0.2) is 56.6 Å². The maximum atomic E-state index is 11.5. The average Bonchev–Trinajstić information content (AvgIpc) is 2.85. The van der Waals surface area contributed by atoms with E-state index < -0.39 is 5.60 Å². The van der Waals surface area contributed by atoms with E-state index >= 15 is 0 Å². The van der Waals surface area contributed by atoms with Gasteiger partial charge in [0.25, 0.3) is 0 Å². The molecule has 1 amide bonds. The topological polar surface area (TPSA) is 83.3 Å². The minimum Gasteiger partial charge on any atom is -0.388 e. The molecule has 0 spiro atoms. The van der Waals surface area contributed by atoms with Crippen molar-refractivity contribution >= 4 is 5.91 Å². The number of aliphatic hydroxyl groups is 1. The van der Waals surface area contributed by atoms with E-state index in [4.69, 9.17) is 0 Å². The van der Waals surface area contributed by atoms with Crippen molar-refractivity contribution in [2.45, 2.75) is 44.9 Å². The zero-order valence-corrected chi connectivity index (χ0v) is 12.2. The van der Waals surface area contributed by atoms with Gasteiger partial charge in [0.1, 0.15) is 0 Å². The fourth-order valence-electron chi connectivity index (χ4n) is 2.66. The number of rotatable bonds is 5. The van der Waals surface area contributed by atoms with Crippen molar-refractivity contribution in [1.82, 2.24) is 25.2 Å². The Kier molecular flexibility index (Phi) is 4.72. The van der Waals surface area contributed by atoms with Crippen molar-refractivity contribution < 1.29 is 9.90 Å². The summed E-state index contributed by atoms with van der Waals surface area (Å²) in [6.45, 7) is 4.82. The Balaban J connectivity index is 1.94. The molecule has 7 nitrogen and oxygen atoms in total. The summed E-state index contributed by atoms with van der Waals surface area (Å²) in [4.78, 5) is 15.3. The number of hydrogen-bond acceptors (Lipinski definition) is 5. The minimum atomic E-state index is -0.931. The molecular weight excluding hydrogens is 258 g/mol. The van der Waals surface area contributed by atoms with Gasteiger partial charge in [0.15, 0.2) is 0 Å². The van der Waals surface area contributed by atoms with E-state index in [-0.39, 0.29) is 12.3 Å². The van der Waals surface area contributed by atoms with Crippen LogP contribution in [0, 0.1) is 0 Å². The monoisotopic (exact) mass is 281 g/mol. The quantitative estimate of drug-likeness (QED) is 0.778. The van der Waals surface area contributed by atoms with Gasteiger partial charge in [0, 0.05) is 20.1 Å². The highest BCUT2D eigenvalue weighted by atomic mass is 16.3. The number of aromatic nitrogens is 3. The number of carbonyl (C=O) groups is 1. The number of nitrogens with one attached hydrogen (secondary N) is 1. The van der Waals surface area contributed by atoms with Crippen LogP contribution in [0.1, 0.15) is 31.9 Å². The number of aryl methyl sites for hydroxylation is 1. The molecule has 1 aliphatic rings. The van der Waals surface area contributed by atoms with E-state index in [1.54, 1.807) is 18.0 Å². The van der Waals surface area contributed by atoms with Crippen molar-refractivity contribution in [2.24, 2.45) is 0 Å². The molecule has 2 heterocycles. The summed E-state index contributed by atoms with van der Waals surface area (Å²) in [5.74, 6) is -0.119. The van der Waals surface area contributed by atoms with Gasteiger partial charge in [-0.3, -0.25) is 9.69 Å². The van der Waals surface area contributed by atoms with Gasteiger partial charge in [-0.2, -0.15) is 15.0 Å². The molecule has 1 atom stereocenters. The lowest BCUT2D eigenvalue weighted by molar-refractivity contribution is -0.128. The lowest BCUT2D eigenvalue weighted by atomic mass is 9.89. The smallest absolute Gasteiger partial charge is 0.222 e. The Morgan fingerprint density at radius 3 is 3.05 bits per heavy atom. The maximum absolute atomic E-state index is 11.5. The SMILES string of the molecule is CCn1ncc(CN2CCCC(O)(CC(=O)NC)C2)n1. The Labute approximate surface area is 119 Å². The van der Waals surface area contributed by atoms with Crippen molar-refractivity contribution in [3.63, 3.8) is 0 Å². The van der Waals surface area contributed by atoms with Crippen LogP contribution >= 0.6 is 0 Å². The Morgan fingerprint density at radius 2 is 2.40 bits per heavy atom. The summed E-state index contributed by atoms with van der Waals surface area (Å²) in [6, 6.07) is 0. The molecule has 112 valence electrons. The van der Waals surface area contributed by atoms with Gasteiger partial charge in [-0.05, 0) is 26.3 Å². The van der Waals surface area contributed by atoms with Gasteiger partial charge < -0.3 is 10.4 Å². The van der Waals surface area contributed by atoms with Gasteiger partial charge >= 0.3 is 0 Å². The second-order valence-electron chi connectivity index (χ2n) is 5.41. The van der Waals surface area contributed by atoms with Gasteiger partial charge in [-0.25, -0.2) is 0 Å². The van der Waals surface area contributed by atoms with E-state index in [9.17, 15) is 9.90 Å². The molecule has 2 rings (SSSR count). The molecule has 0 aromatic carbocycles. The van der Waals surface area contributed by atoms with Gasteiger partial charge in [-0.15, -0.1) is 0 Å². The van der Waals surface area contributed by atoms with Crippen molar-refractivity contribution in [2.75, 3.05) is 20.1 Å². The molecule has 1 aromatic heterocycles. The third-order valence-electron chi connectivity index (χ3n) is 3.66. The molecule has 7 heteroatoms. The van der Waals surface area contributed by atoms with Crippen molar-refractivity contribution in [1.29, 1.82) is 0 Å². The molecule has 2 N–H and O–H groups in total. The lowest BCUT2D eigenvalue weighted by Gasteiger charge is -2.38. The summed E-state index contributed by atoms with van der Waals surface area (Å²) in [6.07, 6.45) is 3.46. The molecular formula is C13H23N5O2. The maximum Gasteiger partial charge on any atom is 0.222 e. The highest BCUT2D eigenvalue weighted by molar-refractivity contribution is 5.76.